The van der Waals surface area contributed by atoms with Crippen LogP contribution in [-0.2, 0) is 7.05 Å². The summed E-state index contributed by atoms with van der Waals surface area (Å²) in [6.45, 7) is 0. The molecule has 0 aliphatic heterocycles. The van der Waals surface area contributed by atoms with Crippen LogP contribution in [0.2, 0.25) is 0 Å². The Morgan fingerprint density at radius 1 is 1.35 bits per heavy atom. The van der Waals surface area contributed by atoms with Gasteiger partial charge >= 0.3 is 12.0 Å². The van der Waals surface area contributed by atoms with Gasteiger partial charge in [-0.1, -0.05) is 0 Å². The Bertz CT molecular complexity index is 616. The van der Waals surface area contributed by atoms with Crippen LogP contribution in [0.1, 0.15) is 10.5 Å². The van der Waals surface area contributed by atoms with Gasteiger partial charge in [0, 0.05) is 23.6 Å². The van der Waals surface area contributed by atoms with Crippen LogP contribution in [0.4, 0.5) is 10.5 Å². The lowest BCUT2D eigenvalue weighted by atomic mass is 10.2. The molecular formula is C11H11N3O3. The molecule has 0 radical (unpaired) electrons. The summed E-state index contributed by atoms with van der Waals surface area (Å²) < 4.78 is 1.58. The number of carboxylic acid groups (broad SMARTS) is 1. The molecule has 0 unspecified atom stereocenters. The number of nitrogens with zero attached hydrogens (tertiary/aromatic N) is 1. The first-order valence-corrected chi connectivity index (χ1v) is 4.88. The summed E-state index contributed by atoms with van der Waals surface area (Å²) >= 11 is 0. The lowest BCUT2D eigenvalue weighted by Gasteiger charge is -2.02. The molecule has 0 bridgehead atoms. The lowest BCUT2D eigenvalue weighted by molar-refractivity contribution is 0.0687. The Balaban J connectivity index is 2.55. The van der Waals surface area contributed by atoms with Crippen molar-refractivity contribution in [1.82, 2.24) is 4.57 Å². The number of aromatic nitrogens is 1. The summed E-state index contributed by atoms with van der Waals surface area (Å²) in [6, 6.07) is 5.96. The molecule has 17 heavy (non-hydrogen) atoms. The van der Waals surface area contributed by atoms with Gasteiger partial charge in [0.25, 0.3) is 0 Å². The van der Waals surface area contributed by atoms with Gasteiger partial charge < -0.3 is 20.7 Å². The number of carbonyl (C=O) groups is 2. The van der Waals surface area contributed by atoms with E-state index < -0.39 is 12.0 Å². The van der Waals surface area contributed by atoms with Crippen molar-refractivity contribution in [2.24, 2.45) is 12.8 Å². The molecule has 0 aliphatic carbocycles. The van der Waals surface area contributed by atoms with Crippen molar-refractivity contribution in [3.8, 4) is 0 Å². The van der Waals surface area contributed by atoms with E-state index >= 15 is 0 Å². The maximum absolute atomic E-state index is 10.9. The summed E-state index contributed by atoms with van der Waals surface area (Å²) in [5.74, 6) is -0.992. The lowest BCUT2D eigenvalue weighted by Crippen LogP contribution is -2.19. The molecule has 0 saturated heterocycles. The van der Waals surface area contributed by atoms with Gasteiger partial charge in [-0.2, -0.15) is 0 Å². The number of aryl methyl sites for hydroxylation is 1. The molecule has 4 N–H and O–H groups in total. The summed E-state index contributed by atoms with van der Waals surface area (Å²) in [7, 11) is 1.67. The van der Waals surface area contributed by atoms with Crippen molar-refractivity contribution >= 4 is 28.6 Å². The number of amides is 2. The second-order valence-corrected chi connectivity index (χ2v) is 3.66. The zero-order valence-corrected chi connectivity index (χ0v) is 9.10. The van der Waals surface area contributed by atoms with Crippen molar-refractivity contribution in [1.29, 1.82) is 0 Å². The third kappa shape index (κ3) is 1.92. The molecule has 0 atom stereocenters. The molecule has 6 nitrogen and oxygen atoms in total. The summed E-state index contributed by atoms with van der Waals surface area (Å²) in [4.78, 5) is 21.6. The third-order valence-electron chi connectivity index (χ3n) is 2.53. The number of rotatable bonds is 2. The number of fused-ring (bicyclic) bond motifs is 1. The van der Waals surface area contributed by atoms with E-state index in [1.165, 1.54) is 0 Å². The number of aromatic carboxylic acids is 1. The molecule has 0 spiro atoms. The highest BCUT2D eigenvalue weighted by Gasteiger charge is 2.12. The van der Waals surface area contributed by atoms with Gasteiger partial charge in [0.15, 0.2) is 0 Å². The van der Waals surface area contributed by atoms with Crippen molar-refractivity contribution in [3.63, 3.8) is 0 Å². The van der Waals surface area contributed by atoms with Crippen LogP contribution in [0.3, 0.4) is 0 Å². The second kappa shape index (κ2) is 3.82. The number of anilines is 1. The molecule has 6 heteroatoms. The number of carbonyl (C=O) groups excluding carboxylic acids is 1. The fourth-order valence-electron chi connectivity index (χ4n) is 1.77. The van der Waals surface area contributed by atoms with Gasteiger partial charge in [0.1, 0.15) is 5.69 Å². The number of hydrogen-bond acceptors (Lipinski definition) is 2. The average Bonchev–Trinajstić information content (AvgIpc) is 2.55. The Morgan fingerprint density at radius 2 is 2.06 bits per heavy atom. The summed E-state index contributed by atoms with van der Waals surface area (Å²) in [5, 5.41) is 12.1. The molecule has 0 fully saturated rings. The smallest absolute Gasteiger partial charge is 0.352 e. The predicted molar refractivity (Wildman–Crippen MR) is 63.1 cm³/mol. The van der Waals surface area contributed by atoms with E-state index in [0.717, 1.165) is 10.9 Å². The van der Waals surface area contributed by atoms with Crippen LogP contribution in [0, 0.1) is 0 Å². The van der Waals surface area contributed by atoms with Crippen molar-refractivity contribution < 1.29 is 14.7 Å². The molecule has 0 saturated carbocycles. The number of carboxylic acids is 1. The largest absolute Gasteiger partial charge is 0.477 e. The minimum absolute atomic E-state index is 0.191. The Kier molecular flexibility index (Phi) is 2.47. The summed E-state index contributed by atoms with van der Waals surface area (Å²) in [5.41, 5.74) is 6.50. The average molecular weight is 233 g/mol. The monoisotopic (exact) mass is 233 g/mol. The Hall–Kier alpha value is -2.50. The second-order valence-electron chi connectivity index (χ2n) is 3.66. The summed E-state index contributed by atoms with van der Waals surface area (Å²) in [6.07, 6.45) is 0. The third-order valence-corrected chi connectivity index (χ3v) is 2.53. The van der Waals surface area contributed by atoms with Gasteiger partial charge in [-0.3, -0.25) is 0 Å². The van der Waals surface area contributed by atoms with E-state index in [2.05, 4.69) is 5.32 Å². The van der Waals surface area contributed by atoms with E-state index in [9.17, 15) is 9.59 Å². The van der Waals surface area contributed by atoms with Gasteiger partial charge in [0.2, 0.25) is 0 Å². The molecule has 2 rings (SSSR count). The molecule has 2 aromatic rings. The Labute approximate surface area is 96.6 Å². The number of urea groups is 1. The first-order valence-electron chi connectivity index (χ1n) is 4.88. The maximum Gasteiger partial charge on any atom is 0.352 e. The fourth-order valence-corrected chi connectivity index (χ4v) is 1.77. The Morgan fingerprint density at radius 3 is 2.65 bits per heavy atom. The van der Waals surface area contributed by atoms with Gasteiger partial charge in [-0.25, -0.2) is 9.59 Å². The van der Waals surface area contributed by atoms with Crippen LogP contribution in [0.15, 0.2) is 24.3 Å². The number of nitrogens with one attached hydrogen (secondary N) is 1. The zero-order chi connectivity index (χ0) is 12.6. The van der Waals surface area contributed by atoms with Crippen LogP contribution >= 0.6 is 0 Å². The van der Waals surface area contributed by atoms with Gasteiger partial charge in [0.05, 0.1) is 0 Å². The molecule has 0 aliphatic rings. The van der Waals surface area contributed by atoms with Crippen LogP contribution in [-0.4, -0.2) is 21.7 Å². The normalized spacial score (nSPS) is 10.4. The van der Waals surface area contributed by atoms with E-state index in [1.807, 2.05) is 0 Å². The van der Waals surface area contributed by atoms with Crippen LogP contribution in [0.5, 0.6) is 0 Å². The molecule has 1 heterocycles. The minimum atomic E-state index is -0.992. The van der Waals surface area contributed by atoms with E-state index in [4.69, 9.17) is 10.8 Å². The molecule has 88 valence electrons. The topological polar surface area (TPSA) is 97.3 Å². The highest BCUT2D eigenvalue weighted by molar-refractivity contribution is 5.97. The van der Waals surface area contributed by atoms with E-state index in [-0.39, 0.29) is 5.69 Å². The standard InChI is InChI=1S/C11H11N3O3/c1-14-8-3-2-7(13-11(12)17)4-6(8)5-9(14)10(15)16/h2-5H,1H3,(H,15,16)(H3,12,13,17). The highest BCUT2D eigenvalue weighted by atomic mass is 16.4. The molecule has 1 aromatic heterocycles. The molecular weight excluding hydrogens is 222 g/mol. The van der Waals surface area contributed by atoms with Gasteiger partial charge in [-0.15, -0.1) is 0 Å². The van der Waals surface area contributed by atoms with Crippen LogP contribution in [0.25, 0.3) is 10.9 Å². The molecule has 2 amide bonds. The highest BCUT2D eigenvalue weighted by Crippen LogP contribution is 2.22. The zero-order valence-electron chi connectivity index (χ0n) is 9.10. The van der Waals surface area contributed by atoms with Gasteiger partial charge in [-0.05, 0) is 24.3 Å². The number of benzene rings is 1. The first kappa shape index (κ1) is 11.0. The van der Waals surface area contributed by atoms with Crippen molar-refractivity contribution in [2.45, 2.75) is 0 Å². The predicted octanol–water partition coefficient (Wildman–Crippen LogP) is 1.37. The van der Waals surface area contributed by atoms with Crippen molar-refractivity contribution in [2.75, 3.05) is 5.32 Å². The fraction of sp³-hybridized carbons (Fsp3) is 0.0909. The number of nitrogens with two attached hydrogens (primary N) is 1. The van der Waals surface area contributed by atoms with E-state index in [1.54, 1.807) is 35.9 Å². The quantitative estimate of drug-likeness (QED) is 0.730. The molecule has 1 aromatic carbocycles. The maximum atomic E-state index is 10.9. The van der Waals surface area contributed by atoms with E-state index in [0.29, 0.717) is 5.69 Å². The first-order chi connectivity index (χ1) is 7.99. The van der Waals surface area contributed by atoms with Crippen molar-refractivity contribution in [3.05, 3.63) is 30.0 Å². The van der Waals surface area contributed by atoms with Crippen LogP contribution < -0.4 is 11.1 Å². The number of primary amides is 1. The number of hydrogen-bond donors (Lipinski definition) is 3. The SMILES string of the molecule is Cn1c(C(=O)O)cc2cc(NC(N)=O)ccc21. The minimum Gasteiger partial charge on any atom is -0.477 e.